The average Bonchev–Trinajstić information content (AvgIpc) is 3.24. The number of ether oxygens (including phenoxy) is 1. The molecule has 4 rings (SSSR count). The van der Waals surface area contributed by atoms with E-state index in [4.69, 9.17) is 4.74 Å². The molecule has 2 aromatic carbocycles. The van der Waals surface area contributed by atoms with Gasteiger partial charge in [0.15, 0.2) is 0 Å². The highest BCUT2D eigenvalue weighted by atomic mass is 79.9. The Kier molecular flexibility index (Phi) is 6.52. The third-order valence-electron chi connectivity index (χ3n) is 5.53. The van der Waals surface area contributed by atoms with E-state index in [0.29, 0.717) is 24.9 Å². The molecule has 0 N–H and O–H groups in total. The van der Waals surface area contributed by atoms with Crippen LogP contribution < -0.4 is 0 Å². The van der Waals surface area contributed by atoms with Crippen molar-refractivity contribution in [3.63, 3.8) is 0 Å². The number of carbonyl (C=O) groups is 1. The first-order valence-corrected chi connectivity index (χ1v) is 11.7. The molecule has 1 amide bonds. The van der Waals surface area contributed by atoms with Crippen molar-refractivity contribution in [3.8, 4) is 11.8 Å². The summed E-state index contributed by atoms with van der Waals surface area (Å²) in [5.74, 6) is 0. The van der Waals surface area contributed by atoms with Gasteiger partial charge in [-0.1, -0.05) is 45.4 Å². The van der Waals surface area contributed by atoms with Crippen molar-refractivity contribution in [2.45, 2.75) is 51.7 Å². The SMILES string of the molecule is CC(C)(C)OC(=O)N1CCc2ccccc2C1CCc1cn(-c2cc(Br)cc(C#N)c2)nn1. The number of benzene rings is 2. The van der Waals surface area contributed by atoms with E-state index in [-0.39, 0.29) is 12.1 Å². The van der Waals surface area contributed by atoms with Crippen LogP contribution >= 0.6 is 15.9 Å². The van der Waals surface area contributed by atoms with Crippen LogP contribution in [0.25, 0.3) is 5.69 Å². The van der Waals surface area contributed by atoms with E-state index in [9.17, 15) is 10.1 Å². The van der Waals surface area contributed by atoms with Gasteiger partial charge in [0.1, 0.15) is 5.60 Å². The van der Waals surface area contributed by atoms with Gasteiger partial charge >= 0.3 is 6.09 Å². The molecule has 7 nitrogen and oxygen atoms in total. The van der Waals surface area contributed by atoms with Crippen molar-refractivity contribution in [3.05, 3.63) is 75.5 Å². The molecule has 0 fully saturated rings. The highest BCUT2D eigenvalue weighted by Crippen LogP contribution is 2.34. The van der Waals surface area contributed by atoms with Crippen LogP contribution in [0.4, 0.5) is 4.79 Å². The highest BCUT2D eigenvalue weighted by molar-refractivity contribution is 9.10. The predicted molar refractivity (Wildman–Crippen MR) is 128 cm³/mol. The van der Waals surface area contributed by atoms with E-state index < -0.39 is 5.60 Å². The Bertz CT molecular complexity index is 1210. The van der Waals surface area contributed by atoms with Crippen LogP contribution in [0.1, 0.15) is 55.6 Å². The van der Waals surface area contributed by atoms with E-state index >= 15 is 0 Å². The van der Waals surface area contributed by atoms with Gasteiger partial charge in [-0.2, -0.15) is 5.26 Å². The number of aryl methyl sites for hydroxylation is 1. The monoisotopic (exact) mass is 507 g/mol. The first kappa shape index (κ1) is 23.0. The van der Waals surface area contributed by atoms with Gasteiger partial charge in [-0.15, -0.1) is 5.10 Å². The van der Waals surface area contributed by atoms with E-state index in [2.05, 4.69) is 44.4 Å². The van der Waals surface area contributed by atoms with Gasteiger partial charge < -0.3 is 9.64 Å². The van der Waals surface area contributed by atoms with E-state index in [1.54, 1.807) is 16.8 Å². The van der Waals surface area contributed by atoms with Crippen LogP contribution in [-0.4, -0.2) is 38.1 Å². The third kappa shape index (κ3) is 5.42. The van der Waals surface area contributed by atoms with Gasteiger partial charge in [0, 0.05) is 11.0 Å². The lowest BCUT2D eigenvalue weighted by molar-refractivity contribution is 0.0132. The molecule has 33 heavy (non-hydrogen) atoms. The van der Waals surface area contributed by atoms with Gasteiger partial charge in [0.25, 0.3) is 0 Å². The van der Waals surface area contributed by atoms with E-state index in [0.717, 1.165) is 27.8 Å². The average molecular weight is 508 g/mol. The Labute approximate surface area is 202 Å². The van der Waals surface area contributed by atoms with E-state index in [1.807, 2.05) is 50.1 Å². The summed E-state index contributed by atoms with van der Waals surface area (Å²) in [4.78, 5) is 14.8. The molecule has 0 radical (unpaired) electrons. The zero-order valence-corrected chi connectivity index (χ0v) is 20.5. The number of aromatic nitrogens is 3. The molecular weight excluding hydrogens is 482 g/mol. The predicted octanol–water partition coefficient (Wildman–Crippen LogP) is 5.37. The number of nitrogens with zero attached hydrogens (tertiary/aromatic N) is 5. The summed E-state index contributed by atoms with van der Waals surface area (Å²) in [6, 6.07) is 15.8. The molecule has 1 aromatic heterocycles. The van der Waals surface area contributed by atoms with Crippen LogP contribution in [-0.2, 0) is 17.6 Å². The topological polar surface area (TPSA) is 84.0 Å². The van der Waals surface area contributed by atoms with Gasteiger partial charge in [0.2, 0.25) is 0 Å². The van der Waals surface area contributed by atoms with Crippen molar-refractivity contribution >= 4 is 22.0 Å². The molecule has 8 heteroatoms. The van der Waals surface area contributed by atoms with E-state index in [1.165, 1.54) is 5.56 Å². The maximum absolute atomic E-state index is 13.0. The van der Waals surface area contributed by atoms with Crippen molar-refractivity contribution in [1.29, 1.82) is 5.26 Å². The van der Waals surface area contributed by atoms with Crippen LogP contribution in [0.2, 0.25) is 0 Å². The van der Waals surface area contributed by atoms with Gasteiger partial charge in [-0.25, -0.2) is 9.48 Å². The lowest BCUT2D eigenvalue weighted by Gasteiger charge is -2.38. The zero-order valence-electron chi connectivity index (χ0n) is 19.0. The van der Waals surface area contributed by atoms with Crippen molar-refractivity contribution < 1.29 is 9.53 Å². The lowest BCUT2D eigenvalue weighted by atomic mass is 9.90. The summed E-state index contributed by atoms with van der Waals surface area (Å²) in [6.45, 7) is 6.28. The van der Waals surface area contributed by atoms with Crippen molar-refractivity contribution in [2.75, 3.05) is 6.54 Å². The van der Waals surface area contributed by atoms with Crippen molar-refractivity contribution in [2.24, 2.45) is 0 Å². The largest absolute Gasteiger partial charge is 0.444 e. The summed E-state index contributed by atoms with van der Waals surface area (Å²) in [6.07, 6.45) is 3.75. The Morgan fingerprint density at radius 1 is 1.27 bits per heavy atom. The molecule has 1 aliphatic rings. The first-order chi connectivity index (χ1) is 15.7. The number of hydrogen-bond donors (Lipinski definition) is 0. The molecule has 1 unspecified atom stereocenters. The smallest absolute Gasteiger partial charge is 0.410 e. The van der Waals surface area contributed by atoms with Crippen LogP contribution in [0.3, 0.4) is 0 Å². The van der Waals surface area contributed by atoms with Gasteiger partial charge in [0.05, 0.1) is 35.3 Å². The van der Waals surface area contributed by atoms with Crippen LogP contribution in [0, 0.1) is 11.3 Å². The Hall–Kier alpha value is -3.18. The highest BCUT2D eigenvalue weighted by Gasteiger charge is 2.33. The fourth-order valence-corrected chi connectivity index (χ4v) is 4.58. The van der Waals surface area contributed by atoms with Gasteiger partial charge in [-0.05, 0) is 69.4 Å². The summed E-state index contributed by atoms with van der Waals surface area (Å²) in [5.41, 5.74) is 4.01. The summed E-state index contributed by atoms with van der Waals surface area (Å²) in [5, 5.41) is 17.8. The quantitative estimate of drug-likeness (QED) is 0.473. The maximum Gasteiger partial charge on any atom is 0.410 e. The van der Waals surface area contributed by atoms with Crippen LogP contribution in [0.5, 0.6) is 0 Å². The molecule has 0 spiro atoms. The molecule has 0 bridgehead atoms. The minimum absolute atomic E-state index is 0.0917. The van der Waals surface area contributed by atoms with Crippen molar-refractivity contribution in [1.82, 2.24) is 19.9 Å². The fraction of sp³-hybridized carbons (Fsp3) is 0.360. The van der Waals surface area contributed by atoms with Gasteiger partial charge in [-0.3, -0.25) is 0 Å². The standard InChI is InChI=1S/C25H26BrN5O2/c1-25(2,3)33-24(32)30-11-10-18-6-4-5-7-22(18)23(30)9-8-20-16-31(29-28-20)21-13-17(15-27)12-19(26)14-21/h4-7,12-14,16,23H,8-11H2,1-3H3. The molecular formula is C25H26BrN5O2. The molecule has 3 aromatic rings. The Morgan fingerprint density at radius 3 is 2.82 bits per heavy atom. The number of amides is 1. The number of rotatable bonds is 4. The third-order valence-corrected chi connectivity index (χ3v) is 5.99. The summed E-state index contributed by atoms with van der Waals surface area (Å²) in [7, 11) is 0. The number of carbonyl (C=O) groups excluding carboxylic acids is 1. The Morgan fingerprint density at radius 2 is 2.06 bits per heavy atom. The zero-order chi connectivity index (χ0) is 23.6. The molecule has 0 aliphatic carbocycles. The first-order valence-electron chi connectivity index (χ1n) is 10.9. The second-order valence-electron chi connectivity index (χ2n) is 9.14. The number of nitriles is 1. The Balaban J connectivity index is 1.55. The minimum atomic E-state index is -0.548. The lowest BCUT2D eigenvalue weighted by Crippen LogP contribution is -2.43. The normalized spacial score (nSPS) is 15.6. The summed E-state index contributed by atoms with van der Waals surface area (Å²) < 4.78 is 8.17. The van der Waals surface area contributed by atoms with Crippen LogP contribution in [0.15, 0.2) is 53.1 Å². The molecule has 0 saturated heterocycles. The number of fused-ring (bicyclic) bond motifs is 1. The molecule has 2 heterocycles. The maximum atomic E-state index is 13.0. The molecule has 1 aliphatic heterocycles. The molecule has 170 valence electrons. The second kappa shape index (κ2) is 9.36. The summed E-state index contributed by atoms with van der Waals surface area (Å²) >= 11 is 3.43. The second-order valence-corrected chi connectivity index (χ2v) is 10.1. The number of hydrogen-bond acceptors (Lipinski definition) is 5. The fourth-order valence-electron chi connectivity index (χ4n) is 4.10. The number of halogens is 1. The minimum Gasteiger partial charge on any atom is -0.444 e. The molecule has 1 atom stereocenters. The molecule has 0 saturated carbocycles.